The number of hydrogen-bond donors (Lipinski definition) is 0. The van der Waals surface area contributed by atoms with Gasteiger partial charge in [-0.1, -0.05) is 23.7 Å². The smallest absolute Gasteiger partial charge is 0.176 e. The van der Waals surface area contributed by atoms with E-state index in [2.05, 4.69) is 5.10 Å². The Morgan fingerprint density at radius 1 is 1.33 bits per heavy atom. The van der Waals surface area contributed by atoms with Crippen LogP contribution in [-0.2, 0) is 9.84 Å². The largest absolute Gasteiger partial charge is 0.355 e. The van der Waals surface area contributed by atoms with E-state index in [-0.39, 0.29) is 17.5 Å². The number of sulfone groups is 1. The van der Waals surface area contributed by atoms with Crippen LogP contribution < -0.4 is 4.90 Å². The number of halogens is 1. The summed E-state index contributed by atoms with van der Waals surface area (Å²) in [4.78, 5) is 6.68. The van der Waals surface area contributed by atoms with Crippen molar-refractivity contribution in [3.63, 3.8) is 0 Å². The highest BCUT2D eigenvalue weighted by Crippen LogP contribution is 2.32. The molecule has 2 aromatic heterocycles. The van der Waals surface area contributed by atoms with Gasteiger partial charge in [-0.05, 0) is 25.5 Å². The van der Waals surface area contributed by atoms with E-state index in [1.165, 1.54) is 0 Å². The molecule has 0 bridgehead atoms. The number of hydrogen-bond acceptors (Lipinski definition) is 5. The fourth-order valence-corrected chi connectivity index (χ4v) is 5.23. The van der Waals surface area contributed by atoms with Gasteiger partial charge in [0.2, 0.25) is 0 Å². The average Bonchev–Trinajstić information content (AvgIpc) is 3.06. The van der Waals surface area contributed by atoms with Crippen molar-refractivity contribution in [3.8, 4) is 0 Å². The summed E-state index contributed by atoms with van der Waals surface area (Å²) in [6, 6.07) is 7.75. The van der Waals surface area contributed by atoms with Crippen LogP contribution in [0.3, 0.4) is 0 Å². The lowest BCUT2D eigenvalue weighted by Crippen LogP contribution is -2.33. The van der Waals surface area contributed by atoms with Gasteiger partial charge in [0.25, 0.3) is 0 Å². The van der Waals surface area contributed by atoms with E-state index in [9.17, 15) is 8.42 Å². The zero-order valence-electron chi connectivity index (χ0n) is 13.4. The van der Waals surface area contributed by atoms with Crippen molar-refractivity contribution in [2.45, 2.75) is 19.4 Å². The van der Waals surface area contributed by atoms with Crippen LogP contribution in [0.15, 0.2) is 24.3 Å². The monoisotopic (exact) mass is 364 g/mol. The molecule has 0 amide bonds. The molecule has 4 rings (SSSR count). The molecule has 3 heterocycles. The molecule has 1 saturated heterocycles. The van der Waals surface area contributed by atoms with Crippen molar-refractivity contribution in [2.75, 3.05) is 23.5 Å². The third-order valence-corrected chi connectivity index (χ3v) is 6.83. The Hall–Kier alpha value is -1.86. The standard InChI is InChI=1S/C16H17ClN4O2S/c1-10-14(17)16-18-15(20(2)11-7-8-24(22,23)9-11)12-5-3-4-6-13(12)21(16)19-10/h3-6,11H,7-9H2,1-2H3/t11-/m0/s1. The van der Waals surface area contributed by atoms with Crippen LogP contribution in [-0.4, -0.2) is 47.6 Å². The predicted octanol–water partition coefficient (Wildman–Crippen LogP) is 2.47. The lowest BCUT2D eigenvalue weighted by atomic mass is 10.2. The summed E-state index contributed by atoms with van der Waals surface area (Å²) < 4.78 is 25.4. The molecule has 0 spiro atoms. The van der Waals surface area contributed by atoms with Crippen molar-refractivity contribution in [2.24, 2.45) is 0 Å². The van der Waals surface area contributed by atoms with Crippen LogP contribution in [0, 0.1) is 6.92 Å². The van der Waals surface area contributed by atoms with Crippen LogP contribution >= 0.6 is 11.6 Å². The third-order valence-electron chi connectivity index (χ3n) is 4.64. The van der Waals surface area contributed by atoms with E-state index >= 15 is 0 Å². The van der Waals surface area contributed by atoms with Gasteiger partial charge in [0.1, 0.15) is 10.8 Å². The van der Waals surface area contributed by atoms with Crippen LogP contribution in [0.2, 0.25) is 5.02 Å². The van der Waals surface area contributed by atoms with Crippen LogP contribution in [0.4, 0.5) is 5.82 Å². The summed E-state index contributed by atoms with van der Waals surface area (Å²) >= 11 is 6.36. The molecule has 0 radical (unpaired) electrons. The predicted molar refractivity (Wildman–Crippen MR) is 95.7 cm³/mol. The summed E-state index contributed by atoms with van der Waals surface area (Å²) in [5.74, 6) is 1.13. The molecule has 1 aliphatic heterocycles. The van der Waals surface area contributed by atoms with E-state index in [0.29, 0.717) is 17.1 Å². The minimum Gasteiger partial charge on any atom is -0.355 e. The molecule has 8 heteroatoms. The zero-order valence-corrected chi connectivity index (χ0v) is 15.0. The number of fused-ring (bicyclic) bond motifs is 3. The molecule has 1 aliphatic rings. The molecule has 0 saturated carbocycles. The molecular weight excluding hydrogens is 348 g/mol. The summed E-state index contributed by atoms with van der Waals surface area (Å²) in [5, 5.41) is 5.92. The van der Waals surface area contributed by atoms with E-state index < -0.39 is 9.84 Å². The molecule has 126 valence electrons. The highest BCUT2D eigenvalue weighted by Gasteiger charge is 2.32. The van der Waals surface area contributed by atoms with Gasteiger partial charge >= 0.3 is 0 Å². The first-order valence-corrected chi connectivity index (χ1v) is 9.94. The van der Waals surface area contributed by atoms with E-state index in [1.54, 1.807) is 4.52 Å². The molecule has 0 aliphatic carbocycles. The van der Waals surface area contributed by atoms with Crippen molar-refractivity contribution in [1.29, 1.82) is 0 Å². The van der Waals surface area contributed by atoms with Gasteiger partial charge in [0.05, 0.1) is 22.7 Å². The van der Waals surface area contributed by atoms with Crippen LogP contribution in [0.25, 0.3) is 16.6 Å². The minimum absolute atomic E-state index is 0.0730. The maximum atomic E-state index is 11.8. The third kappa shape index (κ3) is 2.34. The number of rotatable bonds is 2. The molecule has 1 aromatic carbocycles. The van der Waals surface area contributed by atoms with E-state index in [0.717, 1.165) is 22.4 Å². The summed E-state index contributed by atoms with van der Waals surface area (Å²) in [7, 11) is -1.06. The first-order valence-electron chi connectivity index (χ1n) is 7.74. The van der Waals surface area contributed by atoms with Gasteiger partial charge in [-0.25, -0.2) is 17.9 Å². The Kier molecular flexibility index (Phi) is 3.47. The normalized spacial score (nSPS) is 20.0. The van der Waals surface area contributed by atoms with Crippen molar-refractivity contribution < 1.29 is 8.42 Å². The highest BCUT2D eigenvalue weighted by molar-refractivity contribution is 7.91. The number of nitrogens with zero attached hydrogens (tertiary/aromatic N) is 4. The van der Waals surface area contributed by atoms with Crippen LogP contribution in [0.5, 0.6) is 0 Å². The average molecular weight is 365 g/mol. The first kappa shape index (κ1) is 15.7. The SMILES string of the molecule is Cc1nn2c(nc(N(C)[C@H]3CCS(=O)(=O)C3)c3ccccc32)c1Cl. The number of anilines is 1. The Balaban J connectivity index is 1.95. The molecule has 24 heavy (non-hydrogen) atoms. The summed E-state index contributed by atoms with van der Waals surface area (Å²) in [6.07, 6.45) is 0.617. The van der Waals surface area contributed by atoms with Gasteiger partial charge in [-0.15, -0.1) is 0 Å². The minimum atomic E-state index is -2.96. The van der Waals surface area contributed by atoms with Gasteiger partial charge in [0.15, 0.2) is 15.5 Å². The molecule has 1 atom stereocenters. The maximum absolute atomic E-state index is 11.8. The van der Waals surface area contributed by atoms with Gasteiger partial charge < -0.3 is 4.90 Å². The quantitative estimate of drug-likeness (QED) is 0.698. The Morgan fingerprint density at radius 3 is 2.79 bits per heavy atom. The van der Waals surface area contributed by atoms with E-state index in [1.807, 2.05) is 43.1 Å². The van der Waals surface area contributed by atoms with Crippen LogP contribution in [0.1, 0.15) is 12.1 Å². The molecule has 3 aromatic rings. The summed E-state index contributed by atoms with van der Waals surface area (Å²) in [5.41, 5.74) is 2.22. The van der Waals surface area contributed by atoms with Gasteiger partial charge in [0, 0.05) is 18.5 Å². The highest BCUT2D eigenvalue weighted by atomic mass is 35.5. The Morgan fingerprint density at radius 2 is 2.08 bits per heavy atom. The lowest BCUT2D eigenvalue weighted by molar-refractivity contribution is 0.600. The number of aromatic nitrogens is 3. The first-order chi connectivity index (χ1) is 11.4. The second kappa shape index (κ2) is 5.32. The molecule has 0 N–H and O–H groups in total. The summed E-state index contributed by atoms with van der Waals surface area (Å²) in [6.45, 7) is 1.85. The fraction of sp³-hybridized carbons (Fsp3) is 0.375. The molecule has 6 nitrogen and oxygen atoms in total. The van der Waals surface area contributed by atoms with E-state index in [4.69, 9.17) is 16.6 Å². The zero-order chi connectivity index (χ0) is 17.1. The van der Waals surface area contributed by atoms with Gasteiger partial charge in [-0.2, -0.15) is 5.10 Å². The molecule has 1 fully saturated rings. The molecular formula is C16H17ClN4O2S. The number of para-hydroxylation sites is 1. The topological polar surface area (TPSA) is 67.6 Å². The Labute approximate surface area is 145 Å². The van der Waals surface area contributed by atoms with Crippen molar-refractivity contribution in [1.82, 2.24) is 14.6 Å². The molecule has 0 unspecified atom stereocenters. The maximum Gasteiger partial charge on any atom is 0.176 e. The number of benzene rings is 1. The van der Waals surface area contributed by atoms with Crippen molar-refractivity contribution in [3.05, 3.63) is 35.0 Å². The van der Waals surface area contributed by atoms with Gasteiger partial charge in [-0.3, -0.25) is 0 Å². The fourth-order valence-electron chi connectivity index (χ4n) is 3.29. The van der Waals surface area contributed by atoms with Crippen molar-refractivity contribution >= 4 is 43.8 Å². The Bertz CT molecular complexity index is 1060. The second-order valence-electron chi connectivity index (χ2n) is 6.26. The number of aryl methyl sites for hydroxylation is 1. The lowest BCUT2D eigenvalue weighted by Gasteiger charge is -2.26. The second-order valence-corrected chi connectivity index (χ2v) is 8.86.